The third-order valence-corrected chi connectivity index (χ3v) is 4.23. The molecule has 0 saturated heterocycles. The second kappa shape index (κ2) is 6.40. The van der Waals surface area contributed by atoms with Crippen LogP contribution >= 0.6 is 0 Å². The van der Waals surface area contributed by atoms with Gasteiger partial charge in [0, 0.05) is 11.1 Å². The number of furan rings is 1. The third-order valence-electron chi connectivity index (χ3n) is 4.23. The van der Waals surface area contributed by atoms with E-state index in [1.54, 1.807) is 14.2 Å². The molecule has 2 aromatic heterocycles. The van der Waals surface area contributed by atoms with Crippen LogP contribution in [0.15, 0.2) is 64.1 Å². The van der Waals surface area contributed by atoms with Crippen molar-refractivity contribution in [1.29, 1.82) is 0 Å². The number of benzene rings is 2. The summed E-state index contributed by atoms with van der Waals surface area (Å²) in [4.78, 5) is 19.2. The Balaban J connectivity index is 1.99. The molecule has 0 radical (unpaired) electrons. The van der Waals surface area contributed by atoms with Gasteiger partial charge in [-0.15, -0.1) is 0 Å². The molecule has 0 spiro atoms. The van der Waals surface area contributed by atoms with Crippen LogP contribution < -0.4 is 15.0 Å². The fourth-order valence-corrected chi connectivity index (χ4v) is 2.92. The lowest BCUT2D eigenvalue weighted by molar-refractivity contribution is 0.414. The molecule has 130 valence electrons. The summed E-state index contributed by atoms with van der Waals surface area (Å²) < 4.78 is 16.4. The van der Waals surface area contributed by atoms with E-state index in [4.69, 9.17) is 13.9 Å². The zero-order valence-corrected chi connectivity index (χ0v) is 14.3. The molecule has 0 aliphatic rings. The van der Waals surface area contributed by atoms with Crippen molar-refractivity contribution >= 4 is 11.1 Å². The number of nitrogens with one attached hydrogen (secondary N) is 1. The maximum atomic E-state index is 12.4. The minimum atomic E-state index is -0.246. The van der Waals surface area contributed by atoms with Crippen LogP contribution in [0.3, 0.4) is 0 Å². The van der Waals surface area contributed by atoms with Gasteiger partial charge in [0.1, 0.15) is 22.6 Å². The van der Waals surface area contributed by atoms with Gasteiger partial charge < -0.3 is 18.9 Å². The van der Waals surface area contributed by atoms with Crippen molar-refractivity contribution in [2.24, 2.45) is 0 Å². The predicted molar refractivity (Wildman–Crippen MR) is 98.6 cm³/mol. The van der Waals surface area contributed by atoms with E-state index in [0.717, 1.165) is 22.6 Å². The lowest BCUT2D eigenvalue weighted by Crippen LogP contribution is -2.05. The molecule has 6 nitrogen and oxygen atoms in total. The second-order valence-corrected chi connectivity index (χ2v) is 5.68. The normalized spacial score (nSPS) is 10.8. The quantitative estimate of drug-likeness (QED) is 0.606. The Morgan fingerprint density at radius 2 is 1.46 bits per heavy atom. The summed E-state index contributed by atoms with van der Waals surface area (Å²) in [6.07, 6.45) is 1.34. The highest BCUT2D eigenvalue weighted by molar-refractivity contribution is 5.99. The Labute approximate surface area is 149 Å². The van der Waals surface area contributed by atoms with Crippen molar-refractivity contribution in [1.82, 2.24) is 9.97 Å². The van der Waals surface area contributed by atoms with Gasteiger partial charge >= 0.3 is 0 Å². The largest absolute Gasteiger partial charge is 0.497 e. The van der Waals surface area contributed by atoms with Crippen molar-refractivity contribution in [3.8, 4) is 33.9 Å². The van der Waals surface area contributed by atoms with Crippen molar-refractivity contribution < 1.29 is 13.9 Å². The lowest BCUT2D eigenvalue weighted by Gasteiger charge is -2.06. The van der Waals surface area contributed by atoms with E-state index < -0.39 is 0 Å². The third kappa shape index (κ3) is 2.61. The Kier molecular flexibility index (Phi) is 3.93. The number of rotatable bonds is 4. The molecular weight excluding hydrogens is 332 g/mol. The standard InChI is InChI=1S/C20H16N2O4/c1-24-14-7-3-12(4-8-14)16-17-19(23)21-11-22-20(17)26-18(16)13-5-9-15(25-2)10-6-13/h3-11H,1-2H3,(H,21,22,23). The SMILES string of the molecule is COc1ccc(-c2oc3nc[nH]c(=O)c3c2-c2ccc(OC)cc2)cc1. The molecule has 0 aliphatic heterocycles. The fraction of sp³-hybridized carbons (Fsp3) is 0.100. The van der Waals surface area contributed by atoms with Gasteiger partial charge in [-0.3, -0.25) is 4.79 Å². The Morgan fingerprint density at radius 3 is 2.04 bits per heavy atom. The van der Waals surface area contributed by atoms with Gasteiger partial charge in [-0.05, 0) is 42.0 Å². The van der Waals surface area contributed by atoms with Gasteiger partial charge in [0.05, 0.1) is 20.5 Å². The van der Waals surface area contributed by atoms with Gasteiger partial charge in [0.15, 0.2) is 0 Å². The number of hydrogen-bond donors (Lipinski definition) is 1. The van der Waals surface area contributed by atoms with E-state index in [0.29, 0.717) is 22.4 Å². The summed E-state index contributed by atoms with van der Waals surface area (Å²) in [5.74, 6) is 2.06. The molecular formula is C20H16N2O4. The molecule has 0 fully saturated rings. The average Bonchev–Trinajstić information content (AvgIpc) is 3.09. The molecule has 26 heavy (non-hydrogen) atoms. The molecule has 0 amide bonds. The zero-order valence-electron chi connectivity index (χ0n) is 14.3. The number of aromatic amines is 1. The Morgan fingerprint density at radius 1 is 0.885 bits per heavy atom. The molecule has 2 heterocycles. The molecule has 0 unspecified atom stereocenters. The number of hydrogen-bond acceptors (Lipinski definition) is 5. The van der Waals surface area contributed by atoms with Gasteiger partial charge in [-0.2, -0.15) is 0 Å². The Bertz CT molecular complexity index is 1110. The highest BCUT2D eigenvalue weighted by Crippen LogP contribution is 2.39. The highest BCUT2D eigenvalue weighted by Gasteiger charge is 2.21. The monoisotopic (exact) mass is 348 g/mol. The van der Waals surface area contributed by atoms with Crippen molar-refractivity contribution in [2.45, 2.75) is 0 Å². The van der Waals surface area contributed by atoms with Gasteiger partial charge in [-0.1, -0.05) is 12.1 Å². The lowest BCUT2D eigenvalue weighted by atomic mass is 9.99. The van der Waals surface area contributed by atoms with E-state index in [1.165, 1.54) is 6.33 Å². The second-order valence-electron chi connectivity index (χ2n) is 5.68. The molecule has 0 saturated carbocycles. The molecule has 1 N–H and O–H groups in total. The van der Waals surface area contributed by atoms with Gasteiger partial charge in [0.2, 0.25) is 5.71 Å². The zero-order chi connectivity index (χ0) is 18.1. The summed E-state index contributed by atoms with van der Waals surface area (Å²) >= 11 is 0. The molecule has 4 rings (SSSR count). The van der Waals surface area contributed by atoms with Crippen LogP contribution in [0.5, 0.6) is 11.5 Å². The van der Waals surface area contributed by atoms with Gasteiger partial charge in [0.25, 0.3) is 5.56 Å². The number of fused-ring (bicyclic) bond motifs is 1. The highest BCUT2D eigenvalue weighted by atomic mass is 16.5. The molecule has 0 atom stereocenters. The average molecular weight is 348 g/mol. The van der Waals surface area contributed by atoms with E-state index in [2.05, 4.69) is 9.97 Å². The molecule has 0 bridgehead atoms. The Hall–Kier alpha value is -3.54. The maximum Gasteiger partial charge on any atom is 0.262 e. The first-order valence-corrected chi connectivity index (χ1v) is 8.00. The predicted octanol–water partition coefficient (Wildman–Crippen LogP) is 3.87. The summed E-state index contributed by atoms with van der Waals surface area (Å²) in [6.45, 7) is 0. The van der Waals surface area contributed by atoms with Crippen LogP contribution in [-0.2, 0) is 0 Å². The minimum Gasteiger partial charge on any atom is -0.497 e. The van der Waals surface area contributed by atoms with E-state index >= 15 is 0 Å². The number of ether oxygens (including phenoxy) is 2. The number of nitrogens with zero attached hydrogens (tertiary/aromatic N) is 1. The summed E-state index contributed by atoms with van der Waals surface area (Å²) in [6, 6.07) is 14.9. The van der Waals surface area contributed by atoms with Crippen molar-refractivity contribution in [3.63, 3.8) is 0 Å². The van der Waals surface area contributed by atoms with E-state index in [-0.39, 0.29) is 5.56 Å². The van der Waals surface area contributed by atoms with E-state index in [1.807, 2.05) is 48.5 Å². The van der Waals surface area contributed by atoms with Crippen LogP contribution in [0.2, 0.25) is 0 Å². The van der Waals surface area contributed by atoms with Gasteiger partial charge in [-0.25, -0.2) is 4.98 Å². The van der Waals surface area contributed by atoms with Crippen molar-refractivity contribution in [3.05, 3.63) is 65.2 Å². The number of aromatic nitrogens is 2. The van der Waals surface area contributed by atoms with Crippen LogP contribution in [0, 0.1) is 0 Å². The fourth-order valence-electron chi connectivity index (χ4n) is 2.92. The van der Waals surface area contributed by atoms with Crippen LogP contribution in [0.4, 0.5) is 0 Å². The summed E-state index contributed by atoms with van der Waals surface area (Å²) in [5, 5.41) is 0.420. The smallest absolute Gasteiger partial charge is 0.262 e. The first-order chi connectivity index (χ1) is 12.7. The topological polar surface area (TPSA) is 77.4 Å². The number of methoxy groups -OCH3 is 2. The minimum absolute atomic E-state index is 0.246. The first kappa shape index (κ1) is 16.0. The van der Waals surface area contributed by atoms with Crippen molar-refractivity contribution in [2.75, 3.05) is 14.2 Å². The van der Waals surface area contributed by atoms with E-state index in [9.17, 15) is 4.79 Å². The molecule has 2 aromatic carbocycles. The van der Waals surface area contributed by atoms with Crippen LogP contribution in [0.1, 0.15) is 0 Å². The number of H-pyrrole nitrogens is 1. The molecule has 0 aliphatic carbocycles. The van der Waals surface area contributed by atoms with Crippen LogP contribution in [0.25, 0.3) is 33.6 Å². The summed E-state index contributed by atoms with van der Waals surface area (Å²) in [5.41, 5.74) is 2.42. The molecule has 4 aromatic rings. The van der Waals surface area contributed by atoms with Crippen LogP contribution in [-0.4, -0.2) is 24.2 Å². The maximum absolute atomic E-state index is 12.4. The first-order valence-electron chi connectivity index (χ1n) is 8.00. The molecule has 6 heteroatoms. The summed E-state index contributed by atoms with van der Waals surface area (Å²) in [7, 11) is 3.22.